The maximum absolute atomic E-state index is 12.4. The maximum atomic E-state index is 12.4. The molecule has 2 heterocycles. The number of carboxylic acid groups (broad SMARTS) is 1. The van der Waals surface area contributed by atoms with Gasteiger partial charge in [0, 0.05) is 30.7 Å². The van der Waals surface area contributed by atoms with E-state index in [2.05, 4.69) is 0 Å². The summed E-state index contributed by atoms with van der Waals surface area (Å²) in [6.45, 7) is 0.0200. The average molecular weight is 437 g/mol. The van der Waals surface area contributed by atoms with Crippen molar-refractivity contribution in [2.45, 2.75) is 12.8 Å². The van der Waals surface area contributed by atoms with Crippen molar-refractivity contribution in [3.05, 3.63) is 56.1 Å². The second-order valence-corrected chi connectivity index (χ2v) is 7.36. The van der Waals surface area contributed by atoms with E-state index in [0.29, 0.717) is 11.3 Å². The molecule has 0 saturated carbocycles. The predicted octanol–water partition coefficient (Wildman–Crippen LogP) is 4.41. The third kappa shape index (κ3) is 4.66. The largest absolute Gasteiger partial charge is 0.481 e. The van der Waals surface area contributed by atoms with Crippen LogP contribution in [-0.2, 0) is 9.59 Å². The highest BCUT2D eigenvalue weighted by molar-refractivity contribution is 8.18. The van der Waals surface area contributed by atoms with Crippen LogP contribution < -0.4 is 0 Å². The van der Waals surface area contributed by atoms with Gasteiger partial charge in [0.05, 0.1) is 9.83 Å². The summed E-state index contributed by atoms with van der Waals surface area (Å²) in [5, 5.41) is 19.2. The molecule has 0 unspecified atom stereocenters. The molecule has 1 aromatic heterocycles. The van der Waals surface area contributed by atoms with Gasteiger partial charge < -0.3 is 9.52 Å². The number of amides is 2. The van der Waals surface area contributed by atoms with Gasteiger partial charge in [0.1, 0.15) is 16.5 Å². The van der Waals surface area contributed by atoms with Crippen molar-refractivity contribution in [3.63, 3.8) is 0 Å². The van der Waals surface area contributed by atoms with Crippen molar-refractivity contribution in [1.29, 1.82) is 0 Å². The Bertz CT molecular complexity index is 1050. The van der Waals surface area contributed by atoms with Gasteiger partial charge in [-0.15, -0.1) is 0 Å². The molecular weight excluding hydrogens is 424 g/mol. The zero-order valence-electron chi connectivity index (χ0n) is 14.7. The summed E-state index contributed by atoms with van der Waals surface area (Å²) in [6.07, 6.45) is 1.42. The Morgan fingerprint density at radius 1 is 1.31 bits per heavy atom. The minimum absolute atomic E-state index is 0.00195. The van der Waals surface area contributed by atoms with Crippen LogP contribution in [0.4, 0.5) is 10.5 Å². The number of nitrogens with zero attached hydrogens (tertiary/aromatic N) is 2. The Hall–Kier alpha value is -3.11. The quantitative estimate of drug-likeness (QED) is 0.383. The lowest BCUT2D eigenvalue weighted by molar-refractivity contribution is -0.384. The number of halogens is 1. The van der Waals surface area contributed by atoms with Gasteiger partial charge in [-0.1, -0.05) is 11.6 Å². The molecular formula is C18H13ClN2O7S. The number of rotatable bonds is 7. The molecule has 0 bridgehead atoms. The maximum Gasteiger partial charge on any atom is 0.303 e. The number of furan rings is 1. The average Bonchev–Trinajstić information content (AvgIpc) is 3.22. The number of hydrogen-bond acceptors (Lipinski definition) is 7. The summed E-state index contributed by atoms with van der Waals surface area (Å²) in [6, 6.07) is 7.37. The molecule has 11 heteroatoms. The summed E-state index contributed by atoms with van der Waals surface area (Å²) >= 11 is 6.54. The van der Waals surface area contributed by atoms with E-state index in [-0.39, 0.29) is 40.8 Å². The van der Waals surface area contributed by atoms with E-state index in [1.54, 1.807) is 18.2 Å². The molecule has 2 amide bonds. The standard InChI is InChI=1S/C18H13ClN2O7S/c19-12-5-3-10(8-13(12)21(26)27)14-6-4-11(28-14)9-15-17(24)20(18(25)29-15)7-1-2-16(22)23/h3-6,8-9H,1-2,7H2,(H,22,23)/b15-9+. The van der Waals surface area contributed by atoms with Gasteiger partial charge in [-0.05, 0) is 42.4 Å². The first kappa shape index (κ1) is 20.6. The number of imide groups is 1. The first-order valence-electron chi connectivity index (χ1n) is 8.27. The molecule has 0 radical (unpaired) electrons. The van der Waals surface area contributed by atoms with Gasteiger partial charge in [0.25, 0.3) is 16.8 Å². The molecule has 3 rings (SSSR count). The first-order valence-corrected chi connectivity index (χ1v) is 9.47. The van der Waals surface area contributed by atoms with Crippen LogP contribution >= 0.6 is 23.4 Å². The SMILES string of the molecule is O=C(O)CCCN1C(=O)S/C(=C/c2ccc(-c3ccc(Cl)c([N+](=O)[O-])c3)o2)C1=O. The molecule has 150 valence electrons. The van der Waals surface area contributed by atoms with Crippen molar-refractivity contribution in [2.75, 3.05) is 6.54 Å². The van der Waals surface area contributed by atoms with Gasteiger partial charge in [-0.3, -0.25) is 29.4 Å². The van der Waals surface area contributed by atoms with E-state index in [0.717, 1.165) is 16.7 Å². The van der Waals surface area contributed by atoms with Gasteiger partial charge >= 0.3 is 5.97 Å². The zero-order valence-corrected chi connectivity index (χ0v) is 16.2. The molecule has 0 aliphatic carbocycles. The summed E-state index contributed by atoms with van der Waals surface area (Å²) in [5.74, 6) is -0.908. The Kier molecular flexibility index (Phi) is 6.04. The zero-order chi connectivity index (χ0) is 21.1. The van der Waals surface area contributed by atoms with Crippen molar-refractivity contribution in [1.82, 2.24) is 4.90 Å². The van der Waals surface area contributed by atoms with Crippen LogP contribution in [0.5, 0.6) is 0 Å². The third-order valence-electron chi connectivity index (χ3n) is 3.97. The topological polar surface area (TPSA) is 131 Å². The number of carboxylic acids is 1. The molecule has 0 atom stereocenters. The summed E-state index contributed by atoms with van der Waals surface area (Å²) in [4.78, 5) is 46.5. The Labute approximate surface area is 173 Å². The number of carbonyl (C=O) groups is 3. The number of aliphatic carboxylic acids is 1. The summed E-state index contributed by atoms with van der Waals surface area (Å²) < 4.78 is 5.62. The number of nitro benzene ring substituents is 1. The van der Waals surface area contributed by atoms with Crippen molar-refractivity contribution < 1.29 is 28.8 Å². The lowest BCUT2D eigenvalue weighted by Gasteiger charge is -2.10. The van der Waals surface area contributed by atoms with E-state index < -0.39 is 22.0 Å². The lowest BCUT2D eigenvalue weighted by Crippen LogP contribution is -2.29. The van der Waals surface area contributed by atoms with E-state index in [9.17, 15) is 24.5 Å². The van der Waals surface area contributed by atoms with Crippen molar-refractivity contribution >= 4 is 52.2 Å². The number of hydrogen-bond donors (Lipinski definition) is 1. The highest BCUT2D eigenvalue weighted by Gasteiger charge is 2.34. The van der Waals surface area contributed by atoms with Gasteiger partial charge in [-0.25, -0.2) is 0 Å². The van der Waals surface area contributed by atoms with Gasteiger partial charge in [0.15, 0.2) is 0 Å². The number of nitro groups is 1. The fraction of sp³-hybridized carbons (Fsp3) is 0.167. The van der Waals surface area contributed by atoms with Crippen molar-refractivity contribution in [3.8, 4) is 11.3 Å². The Morgan fingerprint density at radius 2 is 2.07 bits per heavy atom. The lowest BCUT2D eigenvalue weighted by atomic mass is 10.1. The molecule has 0 spiro atoms. The first-order chi connectivity index (χ1) is 13.8. The number of benzene rings is 1. The van der Waals surface area contributed by atoms with Crippen LogP contribution in [-0.4, -0.2) is 38.6 Å². The summed E-state index contributed by atoms with van der Waals surface area (Å²) in [5.41, 5.74) is 0.173. The van der Waals surface area contributed by atoms with Gasteiger partial charge in [0.2, 0.25) is 0 Å². The second kappa shape index (κ2) is 8.50. The number of thioether (sulfide) groups is 1. The molecule has 1 aliphatic rings. The van der Waals surface area contributed by atoms with E-state index in [1.807, 2.05) is 0 Å². The van der Waals surface area contributed by atoms with E-state index >= 15 is 0 Å². The Balaban J connectivity index is 1.77. The normalized spacial score (nSPS) is 15.3. The van der Waals surface area contributed by atoms with Crippen LogP contribution in [0.1, 0.15) is 18.6 Å². The number of carbonyl (C=O) groups excluding carboxylic acids is 2. The minimum Gasteiger partial charge on any atom is -0.481 e. The molecule has 2 aromatic rings. The van der Waals surface area contributed by atoms with E-state index in [1.165, 1.54) is 18.2 Å². The van der Waals surface area contributed by atoms with Crippen LogP contribution in [0.3, 0.4) is 0 Å². The Morgan fingerprint density at radius 3 is 2.76 bits per heavy atom. The van der Waals surface area contributed by atoms with E-state index in [4.69, 9.17) is 21.1 Å². The molecule has 1 aromatic carbocycles. The summed E-state index contributed by atoms with van der Waals surface area (Å²) in [7, 11) is 0. The second-order valence-electron chi connectivity index (χ2n) is 5.96. The minimum atomic E-state index is -1.00. The van der Waals surface area contributed by atoms with Crippen molar-refractivity contribution in [2.24, 2.45) is 0 Å². The molecule has 1 N–H and O–H groups in total. The van der Waals surface area contributed by atoms with Gasteiger partial charge in [-0.2, -0.15) is 0 Å². The van der Waals surface area contributed by atoms with Crippen LogP contribution in [0.2, 0.25) is 5.02 Å². The molecule has 9 nitrogen and oxygen atoms in total. The molecule has 1 fully saturated rings. The third-order valence-corrected chi connectivity index (χ3v) is 5.20. The molecule has 1 saturated heterocycles. The fourth-order valence-electron chi connectivity index (χ4n) is 2.60. The van der Waals surface area contributed by atoms with Crippen LogP contribution in [0.25, 0.3) is 17.4 Å². The molecule has 29 heavy (non-hydrogen) atoms. The van der Waals surface area contributed by atoms with Crippen LogP contribution in [0, 0.1) is 10.1 Å². The highest BCUT2D eigenvalue weighted by atomic mass is 35.5. The predicted molar refractivity (Wildman–Crippen MR) is 105 cm³/mol. The molecule has 1 aliphatic heterocycles. The van der Waals surface area contributed by atoms with Crippen LogP contribution in [0.15, 0.2) is 39.7 Å². The fourth-order valence-corrected chi connectivity index (χ4v) is 3.63. The highest BCUT2D eigenvalue weighted by Crippen LogP contribution is 2.35. The smallest absolute Gasteiger partial charge is 0.303 e. The monoisotopic (exact) mass is 436 g/mol.